The molecular weight excluding hydrogens is 328 g/mol. The molecule has 8 heteroatoms. The number of nitriles is 1. The number of nitrogens with zero attached hydrogens (tertiary/aromatic N) is 2. The number of nitrogens with one attached hydrogen (secondary N) is 2. The average Bonchev–Trinajstić information content (AvgIpc) is 3.01. The number of hydrogen-bond acceptors (Lipinski definition) is 6. The summed E-state index contributed by atoms with van der Waals surface area (Å²) in [6.07, 6.45) is 2.81. The van der Waals surface area contributed by atoms with Crippen LogP contribution in [0.5, 0.6) is 5.75 Å². The highest BCUT2D eigenvalue weighted by Crippen LogP contribution is 2.16. The molecule has 0 atom stereocenters. The van der Waals surface area contributed by atoms with Gasteiger partial charge in [-0.05, 0) is 25.1 Å². The molecule has 0 radical (unpaired) electrons. The molecule has 0 fully saturated rings. The number of aromatic nitrogens is 1. The molecule has 0 saturated carbocycles. The van der Waals surface area contributed by atoms with E-state index in [2.05, 4.69) is 15.8 Å². The normalized spacial score (nSPS) is 10.2. The Kier molecular flexibility index (Phi) is 6.05. The lowest BCUT2D eigenvalue weighted by Gasteiger charge is -2.08. The van der Waals surface area contributed by atoms with E-state index >= 15 is 0 Å². The molecule has 2 aromatic rings. The molecule has 0 saturated heterocycles. The zero-order valence-electron chi connectivity index (χ0n) is 12.8. The third-order valence-corrected chi connectivity index (χ3v) is 3.53. The van der Waals surface area contributed by atoms with Gasteiger partial charge >= 0.3 is 0 Å². The van der Waals surface area contributed by atoms with Crippen molar-refractivity contribution >= 4 is 29.2 Å². The quantitative estimate of drug-likeness (QED) is 0.634. The van der Waals surface area contributed by atoms with Crippen molar-refractivity contribution in [1.82, 2.24) is 15.8 Å². The lowest BCUT2D eigenvalue weighted by atomic mass is 10.2. The number of aryl methyl sites for hydroxylation is 1. The highest BCUT2D eigenvalue weighted by atomic mass is 32.1. The second kappa shape index (κ2) is 8.45. The summed E-state index contributed by atoms with van der Waals surface area (Å²) in [5.74, 6) is -0.735. The first-order valence-corrected chi connectivity index (χ1v) is 7.77. The number of ether oxygens (including phenoxy) is 1. The Morgan fingerprint density at radius 2 is 2.17 bits per heavy atom. The van der Waals surface area contributed by atoms with Crippen molar-refractivity contribution in [3.63, 3.8) is 0 Å². The fourth-order valence-electron chi connectivity index (χ4n) is 1.66. The van der Waals surface area contributed by atoms with E-state index in [1.807, 2.05) is 18.4 Å². The van der Waals surface area contributed by atoms with Crippen molar-refractivity contribution in [1.29, 1.82) is 5.26 Å². The number of carbonyl (C=O) groups excluding carboxylic acids is 2. The van der Waals surface area contributed by atoms with E-state index in [4.69, 9.17) is 10.00 Å². The fraction of sp³-hybridized carbons (Fsp3) is 0.125. The zero-order valence-corrected chi connectivity index (χ0v) is 13.6. The first-order valence-electron chi connectivity index (χ1n) is 6.89. The van der Waals surface area contributed by atoms with Gasteiger partial charge in [0, 0.05) is 11.5 Å². The van der Waals surface area contributed by atoms with Gasteiger partial charge in [-0.3, -0.25) is 20.4 Å². The first-order chi connectivity index (χ1) is 11.6. The van der Waals surface area contributed by atoms with Crippen molar-refractivity contribution in [2.45, 2.75) is 6.92 Å². The molecule has 0 aliphatic rings. The summed E-state index contributed by atoms with van der Waals surface area (Å²) in [6, 6.07) is 8.52. The number of carbonyl (C=O) groups is 2. The van der Waals surface area contributed by atoms with Gasteiger partial charge in [0.25, 0.3) is 11.8 Å². The standard InChI is InChI=1S/C16H14N4O3S/c1-11-18-13(10-24-11)6-7-15(21)19-20-16(22)9-23-14-5-3-2-4-12(14)8-17/h2-7,10H,9H2,1H3,(H,19,21)(H,20,22)/b7-6+. The Hall–Kier alpha value is -3.18. The summed E-state index contributed by atoms with van der Waals surface area (Å²) in [4.78, 5) is 27.4. The Balaban J connectivity index is 1.75. The molecule has 2 amide bonds. The number of thiazole rings is 1. The van der Waals surface area contributed by atoms with Crippen molar-refractivity contribution in [3.05, 3.63) is 52.0 Å². The summed E-state index contributed by atoms with van der Waals surface area (Å²) in [7, 11) is 0. The molecule has 1 aromatic heterocycles. The minimum absolute atomic E-state index is 0.306. The number of amides is 2. The lowest BCUT2D eigenvalue weighted by molar-refractivity contribution is -0.128. The van der Waals surface area contributed by atoms with Crippen LogP contribution in [0.25, 0.3) is 6.08 Å². The van der Waals surface area contributed by atoms with Crippen LogP contribution in [-0.2, 0) is 9.59 Å². The molecule has 2 rings (SSSR count). The van der Waals surface area contributed by atoms with E-state index in [0.717, 1.165) is 5.01 Å². The molecule has 7 nitrogen and oxygen atoms in total. The Morgan fingerprint density at radius 1 is 1.38 bits per heavy atom. The Bertz CT molecular complexity index is 808. The van der Waals surface area contributed by atoms with Gasteiger partial charge in [-0.15, -0.1) is 11.3 Å². The number of benzene rings is 1. The molecular formula is C16H14N4O3S. The monoisotopic (exact) mass is 342 g/mol. The van der Waals surface area contributed by atoms with Crippen LogP contribution in [0.4, 0.5) is 0 Å². The topological polar surface area (TPSA) is 104 Å². The highest BCUT2D eigenvalue weighted by molar-refractivity contribution is 7.09. The lowest BCUT2D eigenvalue weighted by Crippen LogP contribution is -2.43. The van der Waals surface area contributed by atoms with E-state index < -0.39 is 11.8 Å². The third-order valence-electron chi connectivity index (χ3n) is 2.73. The van der Waals surface area contributed by atoms with Crippen LogP contribution in [0.2, 0.25) is 0 Å². The van der Waals surface area contributed by atoms with Crippen molar-refractivity contribution in [3.8, 4) is 11.8 Å². The van der Waals surface area contributed by atoms with Gasteiger partial charge in [0.05, 0.1) is 16.3 Å². The summed E-state index contributed by atoms with van der Waals surface area (Å²) in [6.45, 7) is 1.54. The molecule has 0 bridgehead atoms. The van der Waals surface area contributed by atoms with Crippen LogP contribution >= 0.6 is 11.3 Å². The van der Waals surface area contributed by atoms with Crippen LogP contribution in [0.15, 0.2) is 35.7 Å². The Morgan fingerprint density at radius 3 is 2.88 bits per heavy atom. The van der Waals surface area contributed by atoms with Crippen LogP contribution in [0.1, 0.15) is 16.3 Å². The maximum Gasteiger partial charge on any atom is 0.276 e. The second-order valence-corrected chi connectivity index (χ2v) is 5.62. The number of hydrazine groups is 1. The smallest absolute Gasteiger partial charge is 0.276 e. The number of rotatable bonds is 5. The van der Waals surface area contributed by atoms with Gasteiger partial charge in [0.15, 0.2) is 6.61 Å². The fourth-order valence-corrected chi connectivity index (χ4v) is 2.24. The van der Waals surface area contributed by atoms with Crippen molar-refractivity contribution in [2.75, 3.05) is 6.61 Å². The Labute approximate surface area is 142 Å². The molecule has 0 aliphatic carbocycles. The maximum absolute atomic E-state index is 11.6. The molecule has 1 heterocycles. The van der Waals surface area contributed by atoms with Gasteiger partial charge in [-0.2, -0.15) is 5.26 Å². The van der Waals surface area contributed by atoms with E-state index in [1.165, 1.54) is 17.4 Å². The maximum atomic E-state index is 11.6. The SMILES string of the molecule is Cc1nc(/C=C/C(=O)NNC(=O)COc2ccccc2C#N)cs1. The average molecular weight is 342 g/mol. The summed E-state index contributed by atoms with van der Waals surface area (Å²) in [5.41, 5.74) is 5.45. The zero-order chi connectivity index (χ0) is 17.4. The molecule has 1 aromatic carbocycles. The van der Waals surface area contributed by atoms with Crippen molar-refractivity contribution in [2.24, 2.45) is 0 Å². The molecule has 24 heavy (non-hydrogen) atoms. The van der Waals surface area contributed by atoms with Gasteiger partial charge < -0.3 is 4.74 Å². The van der Waals surface area contributed by atoms with Gasteiger partial charge in [0.2, 0.25) is 0 Å². The van der Waals surface area contributed by atoms with Crippen molar-refractivity contribution < 1.29 is 14.3 Å². The predicted molar refractivity (Wildman–Crippen MR) is 88.8 cm³/mol. The minimum Gasteiger partial charge on any atom is -0.482 e. The van der Waals surface area contributed by atoms with Crippen LogP contribution < -0.4 is 15.6 Å². The van der Waals surface area contributed by atoms with E-state index in [1.54, 1.807) is 30.3 Å². The van der Waals surface area contributed by atoms with Crippen LogP contribution in [-0.4, -0.2) is 23.4 Å². The minimum atomic E-state index is -0.547. The van der Waals surface area contributed by atoms with Gasteiger partial charge in [0.1, 0.15) is 11.8 Å². The van der Waals surface area contributed by atoms with E-state index in [-0.39, 0.29) is 6.61 Å². The van der Waals surface area contributed by atoms with Crippen LogP contribution in [0, 0.1) is 18.3 Å². The highest BCUT2D eigenvalue weighted by Gasteiger charge is 2.06. The third kappa shape index (κ3) is 5.23. The summed E-state index contributed by atoms with van der Waals surface area (Å²) in [5, 5.41) is 11.6. The van der Waals surface area contributed by atoms with Gasteiger partial charge in [-0.25, -0.2) is 4.98 Å². The molecule has 0 unspecified atom stereocenters. The molecule has 0 aliphatic heterocycles. The van der Waals surface area contributed by atoms with E-state index in [0.29, 0.717) is 17.0 Å². The van der Waals surface area contributed by atoms with Crippen LogP contribution in [0.3, 0.4) is 0 Å². The number of hydrogen-bond donors (Lipinski definition) is 2. The van der Waals surface area contributed by atoms with Gasteiger partial charge in [-0.1, -0.05) is 12.1 Å². The van der Waals surface area contributed by atoms with E-state index in [9.17, 15) is 9.59 Å². The first kappa shape index (κ1) is 17.2. The molecule has 0 spiro atoms. The summed E-state index contributed by atoms with van der Waals surface area (Å²) >= 11 is 1.48. The predicted octanol–water partition coefficient (Wildman–Crippen LogP) is 1.56. The number of para-hydroxylation sites is 1. The largest absolute Gasteiger partial charge is 0.482 e. The second-order valence-electron chi connectivity index (χ2n) is 4.56. The molecule has 2 N–H and O–H groups in total. The molecule has 122 valence electrons. The summed E-state index contributed by atoms with van der Waals surface area (Å²) < 4.78 is 5.24.